The van der Waals surface area contributed by atoms with Crippen LogP contribution in [0.1, 0.15) is 44.7 Å². The summed E-state index contributed by atoms with van der Waals surface area (Å²) in [5.74, 6) is 1.12. The van der Waals surface area contributed by atoms with Gasteiger partial charge in [0.15, 0.2) is 15.8 Å². The number of aliphatic imine (C=N–C) groups is 1. The molecule has 0 aromatic heterocycles. The lowest BCUT2D eigenvalue weighted by molar-refractivity contribution is -0.128. The van der Waals surface area contributed by atoms with Crippen LogP contribution in [0.3, 0.4) is 0 Å². The third-order valence-electron chi connectivity index (χ3n) is 5.63. The van der Waals surface area contributed by atoms with Crippen molar-refractivity contribution in [3.8, 4) is 0 Å². The van der Waals surface area contributed by atoms with E-state index in [1.54, 1.807) is 13.8 Å². The highest BCUT2D eigenvalue weighted by molar-refractivity contribution is 7.92. The van der Waals surface area contributed by atoms with Gasteiger partial charge in [0, 0.05) is 39.1 Å². The van der Waals surface area contributed by atoms with Gasteiger partial charge in [-0.2, -0.15) is 0 Å². The van der Waals surface area contributed by atoms with Gasteiger partial charge in [-0.15, -0.1) is 0 Å². The summed E-state index contributed by atoms with van der Waals surface area (Å²) < 4.78 is 23.8. The standard InChI is InChI=1S/C21H32N4O3S/c1-4-22-20(25-11-12-29(27,28)21(2,3)16-25)23-14-17-7-5-8-18(13-17)15-24-10-6-9-19(24)26/h5,7-8,13H,4,6,9-12,14-16H2,1-3H3,(H,22,23). The van der Waals surface area contributed by atoms with E-state index in [-0.39, 0.29) is 11.7 Å². The Hall–Kier alpha value is -2.09. The second-order valence-electron chi connectivity index (χ2n) is 8.41. The summed E-state index contributed by atoms with van der Waals surface area (Å²) in [4.78, 5) is 20.6. The number of hydrogen-bond donors (Lipinski definition) is 1. The van der Waals surface area contributed by atoms with Crippen LogP contribution >= 0.6 is 0 Å². The maximum atomic E-state index is 12.3. The van der Waals surface area contributed by atoms with Gasteiger partial charge in [-0.3, -0.25) is 4.79 Å². The summed E-state index contributed by atoms with van der Waals surface area (Å²) in [5, 5.41) is 3.30. The molecule has 0 aliphatic carbocycles. The lowest BCUT2D eigenvalue weighted by Crippen LogP contribution is -2.57. The number of nitrogens with zero attached hydrogens (tertiary/aromatic N) is 3. The molecular weight excluding hydrogens is 388 g/mol. The predicted molar refractivity (Wildman–Crippen MR) is 115 cm³/mol. The van der Waals surface area contributed by atoms with Crippen LogP contribution in [0.2, 0.25) is 0 Å². The number of benzene rings is 1. The first-order chi connectivity index (χ1) is 13.7. The molecule has 0 atom stereocenters. The van der Waals surface area contributed by atoms with E-state index in [2.05, 4.69) is 11.4 Å². The number of carbonyl (C=O) groups is 1. The Morgan fingerprint density at radius 1 is 1.24 bits per heavy atom. The van der Waals surface area contributed by atoms with Crippen LogP contribution in [0.5, 0.6) is 0 Å². The van der Waals surface area contributed by atoms with E-state index in [4.69, 9.17) is 4.99 Å². The minimum atomic E-state index is -3.09. The molecule has 1 aromatic rings. The van der Waals surface area contributed by atoms with Crippen molar-refractivity contribution in [3.63, 3.8) is 0 Å². The topological polar surface area (TPSA) is 82.1 Å². The van der Waals surface area contributed by atoms with Gasteiger partial charge >= 0.3 is 0 Å². The van der Waals surface area contributed by atoms with Crippen molar-refractivity contribution >= 4 is 21.7 Å². The zero-order valence-electron chi connectivity index (χ0n) is 17.6. The Morgan fingerprint density at radius 2 is 2.00 bits per heavy atom. The minimum absolute atomic E-state index is 0.143. The third-order valence-corrected chi connectivity index (χ3v) is 8.16. The van der Waals surface area contributed by atoms with Crippen LogP contribution in [-0.2, 0) is 27.7 Å². The Kier molecular flexibility index (Phi) is 6.51. The number of amides is 1. The predicted octanol–water partition coefficient (Wildman–Crippen LogP) is 1.78. The highest BCUT2D eigenvalue weighted by Crippen LogP contribution is 2.24. The first kappa shape index (κ1) is 21.6. The van der Waals surface area contributed by atoms with Crippen LogP contribution in [0, 0.1) is 0 Å². The molecule has 0 unspecified atom stereocenters. The molecule has 29 heavy (non-hydrogen) atoms. The van der Waals surface area contributed by atoms with Gasteiger partial charge in [-0.1, -0.05) is 24.3 Å². The molecule has 2 heterocycles. The third kappa shape index (κ3) is 5.10. The van der Waals surface area contributed by atoms with E-state index in [0.29, 0.717) is 32.6 Å². The van der Waals surface area contributed by atoms with Crippen LogP contribution in [-0.4, -0.2) is 66.8 Å². The van der Waals surface area contributed by atoms with Gasteiger partial charge in [0.1, 0.15) is 0 Å². The number of sulfone groups is 1. The quantitative estimate of drug-likeness (QED) is 0.580. The van der Waals surface area contributed by atoms with Crippen molar-refractivity contribution in [1.29, 1.82) is 0 Å². The summed E-state index contributed by atoms with van der Waals surface area (Å²) in [7, 11) is -3.09. The van der Waals surface area contributed by atoms with Crippen LogP contribution < -0.4 is 5.32 Å². The molecule has 1 N–H and O–H groups in total. The average molecular weight is 421 g/mol. The number of rotatable bonds is 5. The zero-order chi connectivity index (χ0) is 21.1. The van der Waals surface area contributed by atoms with Crippen molar-refractivity contribution in [2.24, 2.45) is 4.99 Å². The molecule has 8 heteroatoms. The molecule has 2 fully saturated rings. The molecule has 2 saturated heterocycles. The van der Waals surface area contributed by atoms with Gasteiger partial charge in [0.2, 0.25) is 5.91 Å². The molecule has 1 amide bonds. The van der Waals surface area contributed by atoms with E-state index in [1.807, 2.05) is 34.9 Å². The molecular formula is C21H32N4O3S. The Balaban J connectivity index is 1.70. The minimum Gasteiger partial charge on any atom is -0.357 e. The summed E-state index contributed by atoms with van der Waals surface area (Å²) in [6.45, 7) is 9.16. The molecule has 1 aromatic carbocycles. The van der Waals surface area contributed by atoms with Crippen LogP contribution in [0.4, 0.5) is 0 Å². The van der Waals surface area contributed by atoms with Gasteiger partial charge in [-0.05, 0) is 38.3 Å². The lowest BCUT2D eigenvalue weighted by atomic mass is 10.1. The smallest absolute Gasteiger partial charge is 0.222 e. The van der Waals surface area contributed by atoms with Gasteiger partial charge in [0.05, 0.1) is 17.0 Å². The van der Waals surface area contributed by atoms with E-state index in [9.17, 15) is 13.2 Å². The van der Waals surface area contributed by atoms with E-state index in [1.165, 1.54) is 0 Å². The summed E-state index contributed by atoms with van der Waals surface area (Å²) in [6, 6.07) is 8.18. The van der Waals surface area contributed by atoms with E-state index < -0.39 is 14.6 Å². The Bertz CT molecular complexity index is 880. The number of hydrogen-bond acceptors (Lipinski definition) is 4. The first-order valence-corrected chi connectivity index (χ1v) is 12.0. The van der Waals surface area contributed by atoms with Crippen molar-refractivity contribution in [2.75, 3.05) is 31.9 Å². The molecule has 0 radical (unpaired) electrons. The molecule has 7 nitrogen and oxygen atoms in total. The first-order valence-electron chi connectivity index (χ1n) is 10.3. The lowest BCUT2D eigenvalue weighted by Gasteiger charge is -2.39. The molecule has 0 spiro atoms. The fourth-order valence-corrected chi connectivity index (χ4v) is 5.20. The van der Waals surface area contributed by atoms with Crippen molar-refractivity contribution in [3.05, 3.63) is 35.4 Å². The van der Waals surface area contributed by atoms with Crippen molar-refractivity contribution in [1.82, 2.24) is 15.1 Å². The number of carbonyl (C=O) groups excluding carboxylic acids is 1. The monoisotopic (exact) mass is 420 g/mol. The van der Waals surface area contributed by atoms with Crippen LogP contribution in [0.25, 0.3) is 0 Å². The molecule has 0 saturated carbocycles. The van der Waals surface area contributed by atoms with E-state index in [0.717, 1.165) is 36.6 Å². The molecule has 3 rings (SSSR count). The normalized spacial score (nSPS) is 21.5. The van der Waals surface area contributed by atoms with Gasteiger partial charge in [-0.25, -0.2) is 13.4 Å². The largest absolute Gasteiger partial charge is 0.357 e. The fraction of sp³-hybridized carbons (Fsp3) is 0.619. The second kappa shape index (κ2) is 8.73. The molecule has 2 aliphatic heterocycles. The SMILES string of the molecule is CCNC(=NCc1cccc(CN2CCCC2=O)c1)N1CCS(=O)(=O)C(C)(C)C1. The second-order valence-corrected chi connectivity index (χ2v) is 11.2. The molecule has 0 bridgehead atoms. The number of guanidine groups is 1. The number of likely N-dealkylation sites (tertiary alicyclic amines) is 1. The Labute approximate surface area is 174 Å². The molecule has 160 valence electrons. The summed E-state index contributed by atoms with van der Waals surface area (Å²) in [6.07, 6.45) is 1.59. The Morgan fingerprint density at radius 3 is 2.66 bits per heavy atom. The van der Waals surface area contributed by atoms with Crippen LogP contribution in [0.15, 0.2) is 29.3 Å². The maximum Gasteiger partial charge on any atom is 0.222 e. The zero-order valence-corrected chi connectivity index (χ0v) is 18.5. The highest BCUT2D eigenvalue weighted by Gasteiger charge is 2.40. The fourth-order valence-electron chi connectivity index (χ4n) is 3.83. The number of nitrogens with one attached hydrogen (secondary N) is 1. The van der Waals surface area contributed by atoms with Gasteiger partial charge < -0.3 is 15.1 Å². The van der Waals surface area contributed by atoms with Crippen molar-refractivity contribution < 1.29 is 13.2 Å². The van der Waals surface area contributed by atoms with Gasteiger partial charge in [0.25, 0.3) is 0 Å². The van der Waals surface area contributed by atoms with Crippen molar-refractivity contribution in [2.45, 2.75) is 51.4 Å². The maximum absolute atomic E-state index is 12.3. The molecule has 2 aliphatic rings. The average Bonchev–Trinajstić information content (AvgIpc) is 3.06. The van der Waals surface area contributed by atoms with E-state index >= 15 is 0 Å². The highest BCUT2D eigenvalue weighted by atomic mass is 32.2. The summed E-state index contributed by atoms with van der Waals surface area (Å²) >= 11 is 0. The summed E-state index contributed by atoms with van der Waals surface area (Å²) in [5.41, 5.74) is 2.19.